The zero-order valence-electron chi connectivity index (χ0n) is 23.3. The van der Waals surface area contributed by atoms with Crippen molar-refractivity contribution in [1.82, 2.24) is 14.9 Å². The normalized spacial score (nSPS) is 14.9. The molecule has 2 N–H and O–H groups in total. The molecular weight excluding hydrogens is 564 g/mol. The van der Waals surface area contributed by atoms with Crippen LogP contribution in [0.1, 0.15) is 51.7 Å². The summed E-state index contributed by atoms with van der Waals surface area (Å²) in [4.78, 5) is 35.4. The number of nitrogens with zero attached hydrogens (tertiary/aromatic N) is 3. The minimum atomic E-state index is -0.477. The van der Waals surface area contributed by atoms with E-state index in [-0.39, 0.29) is 23.0 Å². The van der Waals surface area contributed by atoms with Gasteiger partial charge < -0.3 is 28.9 Å². The van der Waals surface area contributed by atoms with Crippen LogP contribution in [0.25, 0.3) is 11.0 Å². The molecule has 12 heteroatoms. The highest BCUT2D eigenvalue weighted by Crippen LogP contribution is 2.33. The van der Waals surface area contributed by atoms with Gasteiger partial charge in [0.15, 0.2) is 5.13 Å². The van der Waals surface area contributed by atoms with Crippen LogP contribution in [0.3, 0.4) is 0 Å². The first-order chi connectivity index (χ1) is 19.6. The molecule has 0 spiro atoms. The van der Waals surface area contributed by atoms with Crippen LogP contribution in [0.15, 0.2) is 54.5 Å². The van der Waals surface area contributed by atoms with E-state index in [1.165, 1.54) is 29.5 Å². The lowest BCUT2D eigenvalue weighted by Gasteiger charge is -2.31. The third kappa shape index (κ3) is 7.69. The number of amides is 1. The van der Waals surface area contributed by atoms with Crippen molar-refractivity contribution in [3.63, 3.8) is 0 Å². The number of oxazole rings is 1. The molecule has 1 amide bonds. The van der Waals surface area contributed by atoms with Gasteiger partial charge in [0, 0.05) is 36.1 Å². The summed E-state index contributed by atoms with van der Waals surface area (Å²) in [6, 6.07) is 5.94. The van der Waals surface area contributed by atoms with Gasteiger partial charge in [-0.05, 0) is 38.4 Å². The van der Waals surface area contributed by atoms with Crippen LogP contribution in [0.5, 0.6) is 11.5 Å². The first-order valence-electron chi connectivity index (χ1n) is 13.6. The summed E-state index contributed by atoms with van der Waals surface area (Å²) in [5, 5.41) is 14.2. The lowest BCUT2D eigenvalue weighted by molar-refractivity contribution is -0.121. The minimum Gasteiger partial charge on any atom is -0.507 e. The quantitative estimate of drug-likeness (QED) is 0.134. The molecule has 1 aliphatic heterocycles. The average molecular weight is 599 g/mol. The van der Waals surface area contributed by atoms with Crippen molar-refractivity contribution < 1.29 is 23.5 Å². The zero-order chi connectivity index (χ0) is 29.0. The van der Waals surface area contributed by atoms with Crippen molar-refractivity contribution in [3.05, 3.63) is 58.7 Å². The summed E-state index contributed by atoms with van der Waals surface area (Å²) in [6.07, 6.45) is 5.93. The van der Waals surface area contributed by atoms with E-state index in [4.69, 9.17) is 13.6 Å². The van der Waals surface area contributed by atoms with E-state index in [1.54, 1.807) is 30.2 Å². The van der Waals surface area contributed by atoms with Gasteiger partial charge in [0.1, 0.15) is 22.8 Å². The standard InChI is InChI=1S/C29H34N4O6S2/c1-29(2,3)23-15-30-24(39-23)17-40-26-16-31-28(41-26)32-27(36)18-7-10-33(11-8-18)9-4-12-37-19-13-21(34)20-5-6-25(35)38-22(20)14-19/h5-6,13-16,18,34H,4,7-12,17H2,1-3H3,(H,31,32,36). The molecule has 0 unspecified atom stereocenters. The highest BCUT2D eigenvalue weighted by molar-refractivity contribution is 8.00. The predicted octanol–water partition coefficient (Wildman–Crippen LogP) is 5.65. The number of nitrogens with one attached hydrogen (secondary N) is 1. The Hall–Kier alpha value is -3.35. The molecule has 3 aromatic heterocycles. The van der Waals surface area contributed by atoms with Crippen LogP contribution in [-0.2, 0) is 16.0 Å². The number of hydrogen-bond acceptors (Lipinski definition) is 11. The van der Waals surface area contributed by atoms with Crippen molar-refractivity contribution in [3.8, 4) is 11.5 Å². The van der Waals surface area contributed by atoms with Crippen LogP contribution in [0, 0.1) is 5.92 Å². The molecule has 4 aromatic rings. The van der Waals surface area contributed by atoms with Gasteiger partial charge in [0.25, 0.3) is 0 Å². The Kier molecular flexibility index (Phi) is 9.00. The molecule has 5 rings (SSSR count). The van der Waals surface area contributed by atoms with Gasteiger partial charge in [-0.15, -0.1) is 11.8 Å². The first-order valence-corrected chi connectivity index (χ1v) is 15.4. The Balaban J connectivity index is 1.01. The van der Waals surface area contributed by atoms with E-state index in [9.17, 15) is 14.7 Å². The van der Waals surface area contributed by atoms with Gasteiger partial charge in [0.2, 0.25) is 11.8 Å². The molecule has 1 fully saturated rings. The molecule has 1 aromatic carbocycles. The Morgan fingerprint density at radius 1 is 1.20 bits per heavy atom. The number of phenolic OH excluding ortho intramolecular Hbond substituents is 1. The van der Waals surface area contributed by atoms with Crippen LogP contribution in [-0.4, -0.2) is 52.1 Å². The number of ether oxygens (including phenoxy) is 1. The van der Waals surface area contributed by atoms with Crippen LogP contribution >= 0.6 is 23.1 Å². The lowest BCUT2D eigenvalue weighted by Crippen LogP contribution is -2.38. The van der Waals surface area contributed by atoms with Gasteiger partial charge in [-0.1, -0.05) is 32.1 Å². The maximum absolute atomic E-state index is 12.9. The summed E-state index contributed by atoms with van der Waals surface area (Å²) in [5.74, 6) is 2.60. The smallest absolute Gasteiger partial charge is 0.336 e. The van der Waals surface area contributed by atoms with E-state index in [2.05, 4.69) is 41.0 Å². The maximum Gasteiger partial charge on any atom is 0.336 e. The molecule has 0 atom stereocenters. The van der Waals surface area contributed by atoms with Crippen molar-refractivity contribution >= 4 is 45.1 Å². The minimum absolute atomic E-state index is 0.00945. The molecule has 41 heavy (non-hydrogen) atoms. The molecule has 10 nitrogen and oxygen atoms in total. The fourth-order valence-corrected chi connectivity index (χ4v) is 6.29. The van der Waals surface area contributed by atoms with Gasteiger partial charge >= 0.3 is 5.63 Å². The summed E-state index contributed by atoms with van der Waals surface area (Å²) in [7, 11) is 0. The first kappa shape index (κ1) is 29.2. The van der Waals surface area contributed by atoms with E-state index in [0.717, 1.165) is 48.9 Å². The van der Waals surface area contributed by atoms with Crippen LogP contribution in [0.4, 0.5) is 5.13 Å². The van der Waals surface area contributed by atoms with E-state index in [0.29, 0.717) is 40.1 Å². The monoisotopic (exact) mass is 598 g/mol. The molecule has 4 heterocycles. The number of thiazole rings is 1. The molecule has 0 aliphatic carbocycles. The number of carbonyl (C=O) groups excluding carboxylic acids is 1. The second kappa shape index (κ2) is 12.7. The van der Waals surface area contributed by atoms with Crippen molar-refractivity contribution in [2.24, 2.45) is 5.92 Å². The number of anilines is 1. The predicted molar refractivity (Wildman–Crippen MR) is 159 cm³/mol. The summed E-state index contributed by atoms with van der Waals surface area (Å²) in [6.45, 7) is 9.26. The SMILES string of the molecule is CC(C)(C)c1cnc(CSc2cnc(NC(=O)C3CCN(CCCOc4cc(O)c5ccc(=O)oc5c4)CC3)s2)o1. The fourth-order valence-electron chi connectivity index (χ4n) is 4.56. The molecule has 0 radical (unpaired) electrons. The third-order valence-corrected chi connectivity index (χ3v) is 8.97. The Labute approximate surface area is 246 Å². The van der Waals surface area contributed by atoms with E-state index < -0.39 is 5.63 Å². The fraction of sp³-hybridized carbons (Fsp3) is 0.448. The molecular formula is C29H34N4O6S2. The summed E-state index contributed by atoms with van der Waals surface area (Å²) in [5.41, 5.74) is -0.258. The molecule has 1 saturated heterocycles. The van der Waals surface area contributed by atoms with Gasteiger partial charge in [-0.25, -0.2) is 14.8 Å². The molecule has 0 saturated carbocycles. The summed E-state index contributed by atoms with van der Waals surface area (Å²) < 4.78 is 17.8. The average Bonchev–Trinajstić information content (AvgIpc) is 3.60. The summed E-state index contributed by atoms with van der Waals surface area (Å²) >= 11 is 3.05. The number of rotatable bonds is 10. The van der Waals surface area contributed by atoms with Crippen molar-refractivity contribution in [2.45, 2.75) is 55.4 Å². The number of thioether (sulfide) groups is 1. The number of aromatic nitrogens is 2. The van der Waals surface area contributed by atoms with Crippen LogP contribution < -0.4 is 15.7 Å². The van der Waals surface area contributed by atoms with Crippen molar-refractivity contribution in [1.29, 1.82) is 0 Å². The van der Waals surface area contributed by atoms with Crippen molar-refractivity contribution in [2.75, 3.05) is 31.6 Å². The largest absolute Gasteiger partial charge is 0.507 e. The van der Waals surface area contributed by atoms with Gasteiger partial charge in [-0.2, -0.15) is 0 Å². The maximum atomic E-state index is 12.9. The number of fused-ring (bicyclic) bond motifs is 1. The second-order valence-electron chi connectivity index (χ2n) is 11.1. The van der Waals surface area contributed by atoms with E-state index >= 15 is 0 Å². The Morgan fingerprint density at radius 3 is 2.76 bits per heavy atom. The number of hydrogen-bond donors (Lipinski definition) is 2. The highest BCUT2D eigenvalue weighted by Gasteiger charge is 2.25. The van der Waals surface area contributed by atoms with Gasteiger partial charge in [0.05, 0.1) is 34.3 Å². The Bertz CT molecular complexity index is 1550. The molecule has 1 aliphatic rings. The molecule has 218 valence electrons. The van der Waals surface area contributed by atoms with Gasteiger partial charge in [-0.3, -0.25) is 4.79 Å². The zero-order valence-corrected chi connectivity index (χ0v) is 25.0. The number of benzene rings is 1. The highest BCUT2D eigenvalue weighted by atomic mass is 32.2. The molecule has 0 bridgehead atoms. The number of piperidine rings is 1. The third-order valence-electron chi connectivity index (χ3n) is 6.88. The second-order valence-corrected chi connectivity index (χ2v) is 13.4. The Morgan fingerprint density at radius 2 is 2.00 bits per heavy atom. The number of likely N-dealkylation sites (tertiary alicyclic amines) is 1. The topological polar surface area (TPSA) is 131 Å². The number of carbonyl (C=O) groups is 1. The van der Waals surface area contributed by atoms with Crippen LogP contribution in [0.2, 0.25) is 0 Å². The number of phenols is 1. The lowest BCUT2D eigenvalue weighted by atomic mass is 9.94. The van der Waals surface area contributed by atoms with E-state index in [1.807, 2.05) is 0 Å². The number of aromatic hydroxyl groups is 1.